The summed E-state index contributed by atoms with van der Waals surface area (Å²) in [6.45, 7) is 3.46. The topological polar surface area (TPSA) is 72.9 Å². The molecule has 0 bridgehead atoms. The fourth-order valence-corrected chi connectivity index (χ4v) is 3.31. The van der Waals surface area contributed by atoms with E-state index in [0.29, 0.717) is 30.1 Å². The molecule has 1 aromatic heterocycles. The number of anilines is 1. The molecule has 6 nitrogen and oxygen atoms in total. The predicted octanol–water partition coefficient (Wildman–Crippen LogP) is 1.86. The number of aromatic carboxylic acids is 1. The number of hydrogen-bond donors (Lipinski definition) is 2. The Bertz CT molecular complexity index is 515. The molecule has 0 aromatic carbocycles. The van der Waals surface area contributed by atoms with Crippen molar-refractivity contribution in [2.75, 3.05) is 32.5 Å². The third kappa shape index (κ3) is 2.94. The molecule has 0 radical (unpaired) electrons. The largest absolute Gasteiger partial charge is 0.478 e. The van der Waals surface area contributed by atoms with Crippen LogP contribution in [0.4, 0.5) is 9.80 Å². The molecule has 2 rings (SSSR count). The summed E-state index contributed by atoms with van der Waals surface area (Å²) in [7, 11) is 4.01. The fraction of sp³-hybridized carbons (Fsp3) is 0.538. The zero-order valence-electron chi connectivity index (χ0n) is 11.8. The maximum Gasteiger partial charge on any atom is 0.338 e. The van der Waals surface area contributed by atoms with Crippen LogP contribution in [0.1, 0.15) is 17.3 Å². The van der Waals surface area contributed by atoms with E-state index in [2.05, 4.69) is 17.1 Å². The molecule has 20 heavy (non-hydrogen) atoms. The Balaban J connectivity index is 2.03. The molecular weight excluding hydrogens is 278 g/mol. The van der Waals surface area contributed by atoms with Crippen LogP contribution in [0, 0.1) is 5.92 Å². The smallest absolute Gasteiger partial charge is 0.338 e. The van der Waals surface area contributed by atoms with Gasteiger partial charge in [0.15, 0.2) is 0 Å². The molecule has 2 atom stereocenters. The van der Waals surface area contributed by atoms with Gasteiger partial charge in [0.25, 0.3) is 0 Å². The first-order valence-corrected chi connectivity index (χ1v) is 7.31. The number of urea groups is 1. The summed E-state index contributed by atoms with van der Waals surface area (Å²) in [6, 6.07) is 1.60. The van der Waals surface area contributed by atoms with Gasteiger partial charge < -0.3 is 14.9 Å². The molecule has 2 heterocycles. The highest BCUT2D eigenvalue weighted by Gasteiger charge is 2.34. The highest BCUT2D eigenvalue weighted by atomic mass is 32.1. The van der Waals surface area contributed by atoms with Crippen molar-refractivity contribution in [3.8, 4) is 0 Å². The lowest BCUT2D eigenvalue weighted by molar-refractivity contribution is 0.0698. The van der Waals surface area contributed by atoms with Crippen molar-refractivity contribution in [1.29, 1.82) is 0 Å². The molecule has 7 heteroatoms. The molecule has 0 saturated carbocycles. The highest BCUT2D eigenvalue weighted by Crippen LogP contribution is 2.25. The first-order valence-electron chi connectivity index (χ1n) is 6.43. The van der Waals surface area contributed by atoms with Crippen LogP contribution < -0.4 is 5.32 Å². The van der Waals surface area contributed by atoms with Crippen molar-refractivity contribution in [2.24, 2.45) is 5.92 Å². The number of likely N-dealkylation sites (N-methyl/N-ethyl adjacent to an activating group) is 1. The van der Waals surface area contributed by atoms with E-state index in [9.17, 15) is 9.59 Å². The van der Waals surface area contributed by atoms with Crippen LogP contribution in [0.3, 0.4) is 0 Å². The average Bonchev–Trinajstić information content (AvgIpc) is 2.95. The molecule has 1 aliphatic heterocycles. The van der Waals surface area contributed by atoms with E-state index in [1.807, 2.05) is 14.1 Å². The van der Waals surface area contributed by atoms with Crippen LogP contribution in [-0.4, -0.2) is 60.1 Å². The van der Waals surface area contributed by atoms with Gasteiger partial charge in [-0.05, 0) is 31.5 Å². The minimum atomic E-state index is -1.03. The second-order valence-corrected chi connectivity index (χ2v) is 6.23. The Morgan fingerprint density at radius 2 is 2.15 bits per heavy atom. The van der Waals surface area contributed by atoms with Crippen LogP contribution >= 0.6 is 11.3 Å². The van der Waals surface area contributed by atoms with Crippen molar-refractivity contribution in [1.82, 2.24) is 9.80 Å². The fourth-order valence-electron chi connectivity index (χ4n) is 2.54. The average molecular weight is 297 g/mol. The number of amides is 2. The zero-order chi connectivity index (χ0) is 14.9. The van der Waals surface area contributed by atoms with Crippen molar-refractivity contribution in [3.63, 3.8) is 0 Å². The van der Waals surface area contributed by atoms with Crippen LogP contribution in [0.25, 0.3) is 0 Å². The van der Waals surface area contributed by atoms with Gasteiger partial charge in [0.05, 0.1) is 5.56 Å². The molecule has 1 fully saturated rings. The van der Waals surface area contributed by atoms with Crippen LogP contribution in [0.5, 0.6) is 0 Å². The van der Waals surface area contributed by atoms with Gasteiger partial charge in [-0.3, -0.25) is 5.32 Å². The number of thiophene rings is 1. The number of carboxylic acids is 1. The Hall–Kier alpha value is -1.60. The van der Waals surface area contributed by atoms with Gasteiger partial charge in [0, 0.05) is 19.1 Å². The van der Waals surface area contributed by atoms with Gasteiger partial charge in [-0.15, -0.1) is 11.3 Å². The number of rotatable bonds is 3. The van der Waals surface area contributed by atoms with Crippen molar-refractivity contribution in [2.45, 2.75) is 13.0 Å². The molecule has 2 amide bonds. The van der Waals surface area contributed by atoms with Gasteiger partial charge in [-0.25, -0.2) is 9.59 Å². The SMILES string of the molecule is CC1CN(C(=O)Nc2sccc2C(=O)O)CC1N(C)C. The van der Waals surface area contributed by atoms with E-state index in [1.54, 1.807) is 10.3 Å². The normalized spacial score (nSPS) is 22.3. The van der Waals surface area contributed by atoms with Gasteiger partial charge >= 0.3 is 12.0 Å². The van der Waals surface area contributed by atoms with E-state index in [-0.39, 0.29) is 11.6 Å². The summed E-state index contributed by atoms with van der Waals surface area (Å²) in [4.78, 5) is 27.1. The van der Waals surface area contributed by atoms with Crippen LogP contribution in [0.2, 0.25) is 0 Å². The first kappa shape index (κ1) is 14.8. The van der Waals surface area contributed by atoms with Crippen molar-refractivity contribution >= 4 is 28.3 Å². The lowest BCUT2D eigenvalue weighted by Gasteiger charge is -2.22. The molecule has 0 aliphatic carbocycles. The second kappa shape index (κ2) is 5.80. The Morgan fingerprint density at radius 1 is 1.45 bits per heavy atom. The van der Waals surface area contributed by atoms with E-state index >= 15 is 0 Å². The van der Waals surface area contributed by atoms with E-state index in [0.717, 1.165) is 0 Å². The Labute approximate surface area is 122 Å². The molecule has 2 N–H and O–H groups in total. The zero-order valence-corrected chi connectivity index (χ0v) is 12.6. The molecule has 110 valence electrons. The van der Waals surface area contributed by atoms with Crippen molar-refractivity contribution < 1.29 is 14.7 Å². The molecule has 1 aliphatic rings. The Kier molecular flexibility index (Phi) is 4.29. The molecule has 0 spiro atoms. The number of carbonyl (C=O) groups is 2. The number of hydrogen-bond acceptors (Lipinski definition) is 4. The van der Waals surface area contributed by atoms with Gasteiger partial charge in [0.2, 0.25) is 0 Å². The van der Waals surface area contributed by atoms with E-state index in [1.165, 1.54) is 17.4 Å². The van der Waals surface area contributed by atoms with Crippen molar-refractivity contribution in [3.05, 3.63) is 17.0 Å². The Morgan fingerprint density at radius 3 is 2.70 bits per heavy atom. The monoisotopic (exact) mass is 297 g/mol. The molecule has 1 aromatic rings. The summed E-state index contributed by atoms with van der Waals surface area (Å²) in [5.74, 6) is -0.625. The summed E-state index contributed by atoms with van der Waals surface area (Å²) < 4.78 is 0. The highest BCUT2D eigenvalue weighted by molar-refractivity contribution is 7.14. The van der Waals surface area contributed by atoms with Gasteiger partial charge in [0.1, 0.15) is 5.00 Å². The third-order valence-electron chi connectivity index (χ3n) is 3.64. The molecular formula is C13H19N3O3S. The van der Waals surface area contributed by atoms with Gasteiger partial charge in [-0.2, -0.15) is 0 Å². The maximum atomic E-state index is 12.2. The minimum absolute atomic E-state index is 0.139. The lowest BCUT2D eigenvalue weighted by Crippen LogP contribution is -2.37. The number of nitrogens with zero attached hydrogens (tertiary/aromatic N) is 2. The van der Waals surface area contributed by atoms with Gasteiger partial charge in [-0.1, -0.05) is 6.92 Å². The summed E-state index contributed by atoms with van der Waals surface area (Å²) in [5, 5.41) is 13.8. The number of nitrogens with one attached hydrogen (secondary N) is 1. The standard InChI is InChI=1S/C13H19N3O3S/c1-8-6-16(7-10(8)15(2)3)13(19)14-11-9(12(17)18)4-5-20-11/h4-5,8,10H,6-7H2,1-3H3,(H,14,19)(H,17,18). The molecule has 2 unspecified atom stereocenters. The van der Waals surface area contributed by atoms with Crippen LogP contribution in [0.15, 0.2) is 11.4 Å². The summed E-state index contributed by atoms with van der Waals surface area (Å²) in [6.07, 6.45) is 0. The van der Waals surface area contributed by atoms with E-state index in [4.69, 9.17) is 5.11 Å². The summed E-state index contributed by atoms with van der Waals surface area (Å²) in [5.41, 5.74) is 0.139. The summed E-state index contributed by atoms with van der Waals surface area (Å²) >= 11 is 1.22. The number of carboxylic acid groups (broad SMARTS) is 1. The van der Waals surface area contributed by atoms with E-state index < -0.39 is 5.97 Å². The number of carbonyl (C=O) groups excluding carboxylic acids is 1. The minimum Gasteiger partial charge on any atom is -0.478 e. The lowest BCUT2D eigenvalue weighted by atomic mass is 10.1. The second-order valence-electron chi connectivity index (χ2n) is 5.31. The maximum absolute atomic E-state index is 12.2. The number of likely N-dealkylation sites (tertiary alicyclic amines) is 1. The van der Waals surface area contributed by atoms with Crippen LogP contribution in [-0.2, 0) is 0 Å². The predicted molar refractivity (Wildman–Crippen MR) is 78.5 cm³/mol. The third-order valence-corrected chi connectivity index (χ3v) is 4.47. The quantitative estimate of drug-likeness (QED) is 0.893. The first-order chi connectivity index (χ1) is 9.40. The molecule has 1 saturated heterocycles.